The number of hydrazone groups is 1. The van der Waals surface area contributed by atoms with Gasteiger partial charge in [-0.3, -0.25) is 9.36 Å². The largest absolute Gasteiger partial charge is 0.506 e. The minimum atomic E-state index is -0.476. The summed E-state index contributed by atoms with van der Waals surface area (Å²) in [6, 6.07) is 12.8. The summed E-state index contributed by atoms with van der Waals surface area (Å²) >= 11 is 7.79. The number of aromatic nitrogens is 3. The summed E-state index contributed by atoms with van der Waals surface area (Å²) in [5.74, 6) is 1.18. The van der Waals surface area contributed by atoms with Gasteiger partial charge >= 0.3 is 0 Å². The molecule has 33 heavy (non-hydrogen) atoms. The van der Waals surface area contributed by atoms with Gasteiger partial charge in [-0.2, -0.15) is 5.10 Å². The SMILES string of the molecule is C=CCn1c(COc2ccccc2)nnc1SC(C)C(=O)N/N=C/c1cc(Br)c(O)c(Br)c1. The molecule has 0 saturated carbocycles. The maximum absolute atomic E-state index is 12.5. The number of rotatable bonds is 10. The lowest BCUT2D eigenvalue weighted by atomic mass is 10.2. The van der Waals surface area contributed by atoms with Crippen molar-refractivity contribution in [2.45, 2.75) is 30.5 Å². The maximum atomic E-state index is 12.5. The molecule has 0 saturated heterocycles. The molecule has 2 N–H and O–H groups in total. The number of ether oxygens (including phenoxy) is 1. The Morgan fingerprint density at radius 3 is 2.67 bits per heavy atom. The van der Waals surface area contributed by atoms with E-state index in [-0.39, 0.29) is 18.3 Å². The van der Waals surface area contributed by atoms with Gasteiger partial charge in [-0.05, 0) is 68.6 Å². The second-order valence-electron chi connectivity index (χ2n) is 6.73. The van der Waals surface area contributed by atoms with Gasteiger partial charge in [0.15, 0.2) is 11.0 Å². The molecule has 2 aromatic carbocycles. The van der Waals surface area contributed by atoms with Crippen molar-refractivity contribution < 1.29 is 14.6 Å². The highest BCUT2D eigenvalue weighted by Gasteiger charge is 2.20. The third-order valence-corrected chi connectivity index (χ3v) is 6.58. The Labute approximate surface area is 212 Å². The molecule has 0 spiro atoms. The van der Waals surface area contributed by atoms with Crippen LogP contribution in [0.25, 0.3) is 0 Å². The molecular weight excluding hydrogens is 574 g/mol. The van der Waals surface area contributed by atoms with E-state index in [2.05, 4.69) is 59.2 Å². The molecule has 0 fully saturated rings. The molecule has 0 aliphatic rings. The summed E-state index contributed by atoms with van der Waals surface area (Å²) in [4.78, 5) is 12.5. The summed E-state index contributed by atoms with van der Waals surface area (Å²) in [5.41, 5.74) is 3.22. The van der Waals surface area contributed by atoms with Gasteiger partial charge < -0.3 is 9.84 Å². The first-order valence-corrected chi connectivity index (χ1v) is 12.2. The van der Waals surface area contributed by atoms with Crippen molar-refractivity contribution in [2.24, 2.45) is 5.10 Å². The van der Waals surface area contributed by atoms with Gasteiger partial charge in [-0.25, -0.2) is 5.43 Å². The average Bonchev–Trinajstić information content (AvgIpc) is 3.18. The Morgan fingerprint density at radius 2 is 2.00 bits per heavy atom. The van der Waals surface area contributed by atoms with Crippen molar-refractivity contribution >= 4 is 55.7 Å². The van der Waals surface area contributed by atoms with Gasteiger partial charge in [0, 0.05) is 6.54 Å². The van der Waals surface area contributed by atoms with Crippen LogP contribution in [-0.2, 0) is 17.9 Å². The molecule has 1 aromatic heterocycles. The summed E-state index contributed by atoms with van der Waals surface area (Å²) in [6.45, 7) is 6.28. The number of nitrogens with one attached hydrogen (secondary N) is 1. The van der Waals surface area contributed by atoms with Crippen LogP contribution < -0.4 is 10.2 Å². The van der Waals surface area contributed by atoms with Gasteiger partial charge in [0.1, 0.15) is 18.1 Å². The smallest absolute Gasteiger partial charge is 0.253 e. The number of phenols is 1. The molecule has 0 bridgehead atoms. The van der Waals surface area contributed by atoms with E-state index in [0.29, 0.717) is 32.0 Å². The lowest BCUT2D eigenvalue weighted by Crippen LogP contribution is -2.27. The molecule has 3 aromatic rings. The van der Waals surface area contributed by atoms with Crippen LogP contribution in [0.15, 0.2) is 74.3 Å². The lowest BCUT2D eigenvalue weighted by molar-refractivity contribution is -0.120. The molecule has 3 rings (SSSR count). The Bertz CT molecular complexity index is 1130. The number of amides is 1. The first-order chi connectivity index (χ1) is 15.9. The van der Waals surface area contributed by atoms with E-state index in [4.69, 9.17) is 4.74 Å². The summed E-state index contributed by atoms with van der Waals surface area (Å²) < 4.78 is 8.67. The van der Waals surface area contributed by atoms with E-state index in [1.54, 1.807) is 25.1 Å². The number of benzene rings is 2. The molecule has 0 aliphatic heterocycles. The lowest BCUT2D eigenvalue weighted by Gasteiger charge is -2.11. The highest BCUT2D eigenvalue weighted by molar-refractivity contribution is 9.11. The van der Waals surface area contributed by atoms with Crippen LogP contribution in [0.4, 0.5) is 0 Å². The van der Waals surface area contributed by atoms with Crippen molar-refractivity contribution in [3.8, 4) is 11.5 Å². The molecule has 1 unspecified atom stereocenters. The Balaban J connectivity index is 1.61. The summed E-state index contributed by atoms with van der Waals surface area (Å²) in [5, 5.41) is 22.3. The highest BCUT2D eigenvalue weighted by Crippen LogP contribution is 2.32. The van der Waals surface area contributed by atoms with Gasteiger partial charge in [-0.1, -0.05) is 36.0 Å². The van der Waals surface area contributed by atoms with Crippen molar-refractivity contribution in [1.29, 1.82) is 0 Å². The second-order valence-corrected chi connectivity index (χ2v) is 9.74. The average molecular weight is 595 g/mol. The monoisotopic (exact) mass is 593 g/mol. The van der Waals surface area contributed by atoms with E-state index in [9.17, 15) is 9.90 Å². The minimum Gasteiger partial charge on any atom is -0.506 e. The van der Waals surface area contributed by atoms with Gasteiger partial charge in [0.25, 0.3) is 5.91 Å². The zero-order valence-electron chi connectivity index (χ0n) is 17.6. The van der Waals surface area contributed by atoms with Crippen LogP contribution in [0, 0.1) is 0 Å². The van der Waals surface area contributed by atoms with E-state index >= 15 is 0 Å². The van der Waals surface area contributed by atoms with Crippen molar-refractivity contribution in [2.75, 3.05) is 0 Å². The standard InChI is InChI=1S/C22H21Br2N5O3S/c1-3-9-29-19(13-32-16-7-5-4-6-8-16)26-28-22(29)33-14(2)21(31)27-25-12-15-10-17(23)20(30)18(24)11-15/h3-8,10-12,14,30H,1,9,13H2,2H3,(H,27,31)/b25-12+. The number of phenolic OH excluding ortho intramolecular Hbond substituents is 1. The zero-order chi connectivity index (χ0) is 23.8. The number of allylic oxidation sites excluding steroid dienone is 1. The molecular formula is C22H21Br2N5O3S. The normalized spacial score (nSPS) is 12.0. The summed E-state index contributed by atoms with van der Waals surface area (Å²) in [6.07, 6.45) is 3.23. The number of carbonyl (C=O) groups excluding carboxylic acids is 1. The number of nitrogens with zero attached hydrogens (tertiary/aromatic N) is 4. The minimum absolute atomic E-state index is 0.0957. The van der Waals surface area contributed by atoms with E-state index in [0.717, 1.165) is 5.75 Å². The van der Waals surface area contributed by atoms with Crippen LogP contribution in [-0.4, -0.2) is 37.2 Å². The number of halogens is 2. The maximum Gasteiger partial charge on any atom is 0.253 e. The molecule has 11 heteroatoms. The van der Waals surface area contributed by atoms with Crippen LogP contribution in [0.2, 0.25) is 0 Å². The number of hydrogen-bond donors (Lipinski definition) is 2. The number of para-hydroxylation sites is 1. The molecule has 172 valence electrons. The van der Waals surface area contributed by atoms with E-state index in [1.807, 2.05) is 34.9 Å². The van der Waals surface area contributed by atoms with Crippen LogP contribution in [0.3, 0.4) is 0 Å². The third kappa shape index (κ3) is 6.92. The fourth-order valence-corrected chi connectivity index (χ4v) is 4.72. The van der Waals surface area contributed by atoms with Gasteiger partial charge in [-0.15, -0.1) is 16.8 Å². The topological polar surface area (TPSA) is 102 Å². The first kappa shape index (κ1) is 25.0. The third-order valence-electron chi connectivity index (χ3n) is 4.30. The van der Waals surface area contributed by atoms with Crippen molar-refractivity contribution in [3.05, 3.63) is 75.5 Å². The quantitative estimate of drug-likeness (QED) is 0.150. The molecule has 0 aliphatic carbocycles. The molecule has 0 radical (unpaired) electrons. The molecule has 1 amide bonds. The predicted molar refractivity (Wildman–Crippen MR) is 136 cm³/mol. The second kappa shape index (κ2) is 12.0. The van der Waals surface area contributed by atoms with Crippen LogP contribution in [0.5, 0.6) is 11.5 Å². The van der Waals surface area contributed by atoms with E-state index in [1.165, 1.54) is 18.0 Å². The Kier molecular flexibility index (Phi) is 9.10. The highest BCUT2D eigenvalue weighted by atomic mass is 79.9. The number of hydrogen-bond acceptors (Lipinski definition) is 7. The first-order valence-electron chi connectivity index (χ1n) is 9.77. The zero-order valence-corrected chi connectivity index (χ0v) is 21.6. The van der Waals surface area contributed by atoms with Crippen molar-refractivity contribution in [1.82, 2.24) is 20.2 Å². The van der Waals surface area contributed by atoms with Crippen LogP contribution >= 0.6 is 43.6 Å². The fourth-order valence-electron chi connectivity index (χ4n) is 2.62. The van der Waals surface area contributed by atoms with Crippen LogP contribution in [0.1, 0.15) is 18.3 Å². The number of carbonyl (C=O) groups is 1. The molecule has 1 heterocycles. The van der Waals surface area contributed by atoms with E-state index < -0.39 is 5.25 Å². The number of thioether (sulfide) groups is 1. The molecule has 8 nitrogen and oxygen atoms in total. The van der Waals surface area contributed by atoms with Crippen molar-refractivity contribution in [3.63, 3.8) is 0 Å². The Morgan fingerprint density at radius 1 is 1.30 bits per heavy atom. The number of aromatic hydroxyl groups is 1. The predicted octanol–water partition coefficient (Wildman–Crippen LogP) is 4.90. The fraction of sp³-hybridized carbons (Fsp3) is 0.182. The Hall–Kier alpha value is -2.63. The van der Waals surface area contributed by atoms with Gasteiger partial charge in [0.2, 0.25) is 0 Å². The molecule has 1 atom stereocenters. The van der Waals surface area contributed by atoms with Gasteiger partial charge in [0.05, 0.1) is 20.4 Å². The summed E-state index contributed by atoms with van der Waals surface area (Å²) in [7, 11) is 0.